The molecule has 0 unspecified atom stereocenters. The van der Waals surface area contributed by atoms with Crippen LogP contribution in [0.4, 0.5) is 5.82 Å². The van der Waals surface area contributed by atoms with Crippen LogP contribution in [0.2, 0.25) is 0 Å². The van der Waals surface area contributed by atoms with Crippen LogP contribution in [0.5, 0.6) is 5.75 Å². The zero-order chi connectivity index (χ0) is 13.9. The van der Waals surface area contributed by atoms with Crippen molar-refractivity contribution in [2.24, 2.45) is 0 Å². The lowest BCUT2D eigenvalue weighted by atomic mass is 10.2. The number of nitrogens with zero attached hydrogens (tertiary/aromatic N) is 2. The summed E-state index contributed by atoms with van der Waals surface area (Å²) in [7, 11) is 0. The smallest absolute Gasteiger partial charge is 0.138 e. The van der Waals surface area contributed by atoms with E-state index in [2.05, 4.69) is 9.97 Å². The molecule has 0 aliphatic rings. The van der Waals surface area contributed by atoms with E-state index in [1.54, 1.807) is 0 Å². The molecule has 0 aliphatic carbocycles. The van der Waals surface area contributed by atoms with Crippen LogP contribution in [0.15, 0.2) is 48.5 Å². The Morgan fingerprint density at radius 3 is 2.60 bits per heavy atom. The van der Waals surface area contributed by atoms with Gasteiger partial charge in [0.15, 0.2) is 0 Å². The topological polar surface area (TPSA) is 61.0 Å². The summed E-state index contributed by atoms with van der Waals surface area (Å²) < 4.78 is 5.87. The van der Waals surface area contributed by atoms with Crippen LogP contribution in [0.1, 0.15) is 11.4 Å². The van der Waals surface area contributed by atoms with Gasteiger partial charge in [0.05, 0.1) is 10.9 Å². The fourth-order valence-corrected chi connectivity index (χ4v) is 2.16. The molecule has 0 bridgehead atoms. The molecule has 2 aromatic carbocycles. The van der Waals surface area contributed by atoms with Gasteiger partial charge < -0.3 is 10.5 Å². The number of aromatic nitrogens is 2. The molecule has 0 aliphatic heterocycles. The third kappa shape index (κ3) is 2.40. The number of fused-ring (bicyclic) bond motifs is 1. The minimum absolute atomic E-state index is 0.455. The zero-order valence-corrected chi connectivity index (χ0v) is 11.2. The second kappa shape index (κ2) is 5.17. The number of aryl methyl sites for hydroxylation is 1. The van der Waals surface area contributed by atoms with Gasteiger partial charge in [0.1, 0.15) is 24.0 Å². The van der Waals surface area contributed by atoms with E-state index in [-0.39, 0.29) is 0 Å². The first-order chi connectivity index (χ1) is 9.74. The molecular formula is C16H15N3O. The third-order valence-electron chi connectivity index (χ3n) is 3.06. The highest BCUT2D eigenvalue weighted by Crippen LogP contribution is 2.29. The van der Waals surface area contributed by atoms with E-state index in [4.69, 9.17) is 10.5 Å². The number of anilines is 1. The lowest BCUT2D eigenvalue weighted by molar-refractivity contribution is 0.310. The Bertz CT molecular complexity index is 741. The van der Waals surface area contributed by atoms with E-state index < -0.39 is 0 Å². The molecule has 2 N–H and O–H groups in total. The van der Waals surface area contributed by atoms with Gasteiger partial charge >= 0.3 is 0 Å². The number of hydrogen-bond acceptors (Lipinski definition) is 4. The monoisotopic (exact) mass is 265 g/mol. The highest BCUT2D eigenvalue weighted by atomic mass is 16.5. The summed E-state index contributed by atoms with van der Waals surface area (Å²) in [5.74, 6) is 1.83. The van der Waals surface area contributed by atoms with Crippen LogP contribution in [0, 0.1) is 6.92 Å². The van der Waals surface area contributed by atoms with Crippen molar-refractivity contribution in [3.05, 3.63) is 59.9 Å². The van der Waals surface area contributed by atoms with E-state index in [0.29, 0.717) is 24.0 Å². The van der Waals surface area contributed by atoms with Gasteiger partial charge in [0.2, 0.25) is 0 Å². The molecular weight excluding hydrogens is 250 g/mol. The van der Waals surface area contributed by atoms with Crippen molar-refractivity contribution >= 4 is 16.7 Å². The Kier molecular flexibility index (Phi) is 3.21. The first-order valence-electron chi connectivity index (χ1n) is 6.43. The largest absolute Gasteiger partial charge is 0.488 e. The molecule has 20 heavy (non-hydrogen) atoms. The van der Waals surface area contributed by atoms with Gasteiger partial charge in [-0.25, -0.2) is 9.97 Å². The predicted molar refractivity (Wildman–Crippen MR) is 79.5 cm³/mol. The fourth-order valence-electron chi connectivity index (χ4n) is 2.16. The number of benzene rings is 2. The molecule has 0 fully saturated rings. The number of rotatable bonds is 3. The first kappa shape index (κ1) is 12.4. The van der Waals surface area contributed by atoms with Crippen LogP contribution in [0.3, 0.4) is 0 Å². The third-order valence-corrected chi connectivity index (χ3v) is 3.06. The molecule has 0 spiro atoms. The predicted octanol–water partition coefficient (Wildman–Crippen LogP) is 3.10. The summed E-state index contributed by atoms with van der Waals surface area (Å²) in [5, 5.41) is 0.772. The molecule has 0 amide bonds. The molecule has 100 valence electrons. The Balaban J connectivity index is 1.96. The summed E-state index contributed by atoms with van der Waals surface area (Å²) in [6, 6.07) is 15.7. The maximum absolute atomic E-state index is 6.00. The van der Waals surface area contributed by atoms with E-state index in [9.17, 15) is 0 Å². The van der Waals surface area contributed by atoms with Crippen molar-refractivity contribution in [3.8, 4) is 5.75 Å². The van der Waals surface area contributed by atoms with Crippen LogP contribution >= 0.6 is 0 Å². The quantitative estimate of drug-likeness (QED) is 0.790. The standard InChI is InChI=1S/C16H15N3O/c1-11-18-13-8-5-9-14(15(13)16(17)19-11)20-10-12-6-3-2-4-7-12/h2-9H,10H2,1H3,(H2,17,18,19). The molecule has 3 aromatic rings. The van der Waals surface area contributed by atoms with Crippen LogP contribution < -0.4 is 10.5 Å². The number of nitrogen functional groups attached to an aromatic ring is 1. The number of ether oxygens (including phenoxy) is 1. The fraction of sp³-hybridized carbons (Fsp3) is 0.125. The van der Waals surface area contributed by atoms with Crippen molar-refractivity contribution in [2.75, 3.05) is 5.73 Å². The maximum atomic E-state index is 6.00. The van der Waals surface area contributed by atoms with Crippen molar-refractivity contribution in [1.82, 2.24) is 9.97 Å². The highest BCUT2D eigenvalue weighted by Gasteiger charge is 2.09. The summed E-state index contributed by atoms with van der Waals surface area (Å²) in [6.07, 6.45) is 0. The number of hydrogen-bond donors (Lipinski definition) is 1. The summed E-state index contributed by atoms with van der Waals surface area (Å²) >= 11 is 0. The SMILES string of the molecule is Cc1nc(N)c2c(OCc3ccccc3)cccc2n1. The van der Waals surface area contributed by atoms with Gasteiger partial charge in [0, 0.05) is 0 Å². The van der Waals surface area contributed by atoms with E-state index in [0.717, 1.165) is 16.5 Å². The van der Waals surface area contributed by atoms with Gasteiger partial charge in [-0.05, 0) is 24.6 Å². The molecule has 0 radical (unpaired) electrons. The highest BCUT2D eigenvalue weighted by molar-refractivity contribution is 5.93. The Morgan fingerprint density at radius 1 is 1.00 bits per heavy atom. The molecule has 0 atom stereocenters. The van der Waals surface area contributed by atoms with Crippen LogP contribution in [-0.4, -0.2) is 9.97 Å². The molecule has 0 saturated carbocycles. The minimum Gasteiger partial charge on any atom is -0.488 e. The lowest BCUT2D eigenvalue weighted by Crippen LogP contribution is -2.01. The molecule has 3 rings (SSSR count). The molecule has 1 heterocycles. The Hall–Kier alpha value is -2.62. The van der Waals surface area contributed by atoms with Gasteiger partial charge in [-0.15, -0.1) is 0 Å². The average molecular weight is 265 g/mol. The van der Waals surface area contributed by atoms with Crippen molar-refractivity contribution < 1.29 is 4.74 Å². The van der Waals surface area contributed by atoms with E-state index in [1.807, 2.05) is 55.5 Å². The van der Waals surface area contributed by atoms with Crippen LogP contribution in [0.25, 0.3) is 10.9 Å². The molecule has 0 saturated heterocycles. The van der Waals surface area contributed by atoms with Crippen molar-refractivity contribution in [2.45, 2.75) is 13.5 Å². The van der Waals surface area contributed by atoms with E-state index in [1.165, 1.54) is 0 Å². The van der Waals surface area contributed by atoms with E-state index >= 15 is 0 Å². The Labute approximate surface area is 117 Å². The van der Waals surface area contributed by atoms with Crippen molar-refractivity contribution in [1.29, 1.82) is 0 Å². The molecule has 4 nitrogen and oxygen atoms in total. The second-order valence-corrected chi connectivity index (χ2v) is 4.58. The summed E-state index contributed by atoms with van der Waals surface area (Å²) in [5.41, 5.74) is 7.91. The summed E-state index contributed by atoms with van der Waals surface area (Å²) in [4.78, 5) is 8.59. The van der Waals surface area contributed by atoms with Gasteiger partial charge in [-0.2, -0.15) is 0 Å². The molecule has 1 aromatic heterocycles. The zero-order valence-electron chi connectivity index (χ0n) is 11.2. The Morgan fingerprint density at radius 2 is 1.80 bits per heavy atom. The first-order valence-corrected chi connectivity index (χ1v) is 6.43. The number of nitrogens with two attached hydrogens (primary N) is 1. The van der Waals surface area contributed by atoms with Gasteiger partial charge in [-0.3, -0.25) is 0 Å². The summed E-state index contributed by atoms with van der Waals surface area (Å²) in [6.45, 7) is 2.32. The average Bonchev–Trinajstić information content (AvgIpc) is 2.45. The van der Waals surface area contributed by atoms with Gasteiger partial charge in [-0.1, -0.05) is 36.4 Å². The van der Waals surface area contributed by atoms with Crippen LogP contribution in [-0.2, 0) is 6.61 Å². The van der Waals surface area contributed by atoms with Crippen molar-refractivity contribution in [3.63, 3.8) is 0 Å². The molecule has 4 heteroatoms. The maximum Gasteiger partial charge on any atom is 0.138 e. The normalized spacial score (nSPS) is 10.7. The van der Waals surface area contributed by atoms with Gasteiger partial charge in [0.25, 0.3) is 0 Å². The minimum atomic E-state index is 0.455. The second-order valence-electron chi connectivity index (χ2n) is 4.58. The lowest BCUT2D eigenvalue weighted by Gasteiger charge is -2.10.